The van der Waals surface area contributed by atoms with Crippen molar-refractivity contribution in [3.05, 3.63) is 23.9 Å². The Morgan fingerprint density at radius 1 is 1.53 bits per heavy atom. The molecule has 0 fully saturated rings. The molecule has 5 nitrogen and oxygen atoms in total. The van der Waals surface area contributed by atoms with Crippen LogP contribution in [0, 0.1) is 0 Å². The van der Waals surface area contributed by atoms with E-state index < -0.39 is 0 Å². The number of likely N-dealkylation sites (N-methyl/N-ethyl adjacent to an activating group) is 1. The number of anilines is 1. The molecule has 19 heavy (non-hydrogen) atoms. The van der Waals surface area contributed by atoms with Crippen molar-refractivity contribution in [1.29, 1.82) is 0 Å². The highest BCUT2D eigenvalue weighted by Gasteiger charge is 2.11. The van der Waals surface area contributed by atoms with E-state index in [2.05, 4.69) is 10.3 Å². The van der Waals surface area contributed by atoms with Gasteiger partial charge in [-0.2, -0.15) is 0 Å². The molecule has 0 bridgehead atoms. The van der Waals surface area contributed by atoms with Crippen LogP contribution in [0.15, 0.2) is 18.3 Å². The summed E-state index contributed by atoms with van der Waals surface area (Å²) in [6.45, 7) is 6.83. The molecule has 0 aromatic carbocycles. The maximum atomic E-state index is 11.7. The van der Waals surface area contributed by atoms with Crippen LogP contribution in [0.4, 0.5) is 5.82 Å². The lowest BCUT2D eigenvalue weighted by Gasteiger charge is -2.22. The summed E-state index contributed by atoms with van der Waals surface area (Å²) < 4.78 is 0. The van der Waals surface area contributed by atoms with Crippen LogP contribution in [-0.4, -0.2) is 35.0 Å². The Morgan fingerprint density at radius 3 is 2.63 bits per heavy atom. The number of thiocarbonyl (C=S) groups is 1. The van der Waals surface area contributed by atoms with E-state index in [0.717, 1.165) is 11.4 Å². The number of nitrogens with one attached hydrogen (secondary N) is 1. The van der Waals surface area contributed by atoms with Crippen LogP contribution in [0.1, 0.15) is 26.3 Å². The summed E-state index contributed by atoms with van der Waals surface area (Å²) in [5.74, 6) is 0.721. The Hall–Kier alpha value is -1.69. The molecule has 0 aliphatic heterocycles. The summed E-state index contributed by atoms with van der Waals surface area (Å²) in [5, 5.41) is 2.86. The third kappa shape index (κ3) is 4.82. The Morgan fingerprint density at radius 2 is 2.21 bits per heavy atom. The Bertz CT molecular complexity index is 444. The molecule has 6 heteroatoms. The molecule has 1 heterocycles. The Labute approximate surface area is 119 Å². The maximum absolute atomic E-state index is 11.7. The van der Waals surface area contributed by atoms with Gasteiger partial charge in [-0.25, -0.2) is 4.98 Å². The molecule has 0 saturated carbocycles. The molecule has 0 aliphatic rings. The molecular weight excluding hydrogens is 260 g/mol. The van der Waals surface area contributed by atoms with E-state index in [-0.39, 0.29) is 18.5 Å². The first-order valence-electron chi connectivity index (χ1n) is 6.24. The number of carbonyl (C=O) groups excluding carboxylic acids is 1. The van der Waals surface area contributed by atoms with E-state index >= 15 is 0 Å². The zero-order chi connectivity index (χ0) is 14.4. The van der Waals surface area contributed by atoms with E-state index in [9.17, 15) is 4.79 Å². The van der Waals surface area contributed by atoms with Crippen LogP contribution in [0.5, 0.6) is 0 Å². The molecule has 1 aromatic heterocycles. The lowest BCUT2D eigenvalue weighted by molar-refractivity contribution is -0.120. The van der Waals surface area contributed by atoms with Gasteiger partial charge in [-0.1, -0.05) is 12.2 Å². The van der Waals surface area contributed by atoms with Crippen molar-refractivity contribution in [3.8, 4) is 0 Å². The van der Waals surface area contributed by atoms with Crippen LogP contribution in [-0.2, 0) is 4.79 Å². The normalized spacial score (nSPS) is 10.3. The predicted molar refractivity (Wildman–Crippen MR) is 81.3 cm³/mol. The van der Waals surface area contributed by atoms with Gasteiger partial charge < -0.3 is 16.0 Å². The molecule has 104 valence electrons. The average molecular weight is 280 g/mol. The van der Waals surface area contributed by atoms with Crippen molar-refractivity contribution in [2.75, 3.05) is 18.0 Å². The van der Waals surface area contributed by atoms with E-state index in [4.69, 9.17) is 18.0 Å². The summed E-state index contributed by atoms with van der Waals surface area (Å²) >= 11 is 4.88. The van der Waals surface area contributed by atoms with E-state index in [1.54, 1.807) is 6.20 Å². The maximum Gasteiger partial charge on any atom is 0.239 e. The average Bonchev–Trinajstić information content (AvgIpc) is 2.35. The second-order valence-electron chi connectivity index (χ2n) is 4.51. The number of nitrogens with two attached hydrogens (primary N) is 1. The van der Waals surface area contributed by atoms with Crippen molar-refractivity contribution in [1.82, 2.24) is 10.3 Å². The van der Waals surface area contributed by atoms with Gasteiger partial charge in [-0.3, -0.25) is 4.79 Å². The van der Waals surface area contributed by atoms with Gasteiger partial charge in [0.25, 0.3) is 0 Å². The van der Waals surface area contributed by atoms with Crippen molar-refractivity contribution >= 4 is 28.9 Å². The highest BCUT2D eigenvalue weighted by molar-refractivity contribution is 7.80. The second-order valence-corrected chi connectivity index (χ2v) is 4.95. The van der Waals surface area contributed by atoms with Gasteiger partial charge in [0.2, 0.25) is 5.91 Å². The number of nitrogens with zero attached hydrogens (tertiary/aromatic N) is 2. The molecule has 1 aromatic rings. The monoisotopic (exact) mass is 280 g/mol. The van der Waals surface area contributed by atoms with Gasteiger partial charge in [0, 0.05) is 24.3 Å². The highest BCUT2D eigenvalue weighted by atomic mass is 32.1. The third-order valence-electron chi connectivity index (χ3n) is 2.52. The smallest absolute Gasteiger partial charge is 0.239 e. The SMILES string of the molecule is CCN(CC(=O)NC(C)C)c1ccc(C(N)=S)cn1. The summed E-state index contributed by atoms with van der Waals surface area (Å²) in [7, 11) is 0. The first-order valence-corrected chi connectivity index (χ1v) is 6.65. The summed E-state index contributed by atoms with van der Waals surface area (Å²) in [6, 6.07) is 3.77. The number of rotatable bonds is 6. The lowest BCUT2D eigenvalue weighted by atomic mass is 10.2. The van der Waals surface area contributed by atoms with E-state index in [1.807, 2.05) is 37.8 Å². The number of hydrogen-bond donors (Lipinski definition) is 2. The molecule has 3 N–H and O–H groups in total. The lowest BCUT2D eigenvalue weighted by Crippen LogP contribution is -2.40. The Kier molecular flexibility index (Phi) is 5.69. The largest absolute Gasteiger partial charge is 0.389 e. The fourth-order valence-electron chi connectivity index (χ4n) is 1.61. The quantitative estimate of drug-likeness (QED) is 0.763. The van der Waals surface area contributed by atoms with Gasteiger partial charge in [0.05, 0.1) is 6.54 Å². The topological polar surface area (TPSA) is 71.2 Å². The van der Waals surface area contributed by atoms with Crippen molar-refractivity contribution < 1.29 is 4.79 Å². The minimum atomic E-state index is -0.0166. The first-order chi connectivity index (χ1) is 8.93. The number of pyridine rings is 1. The standard InChI is InChI=1S/C13H20N4OS/c1-4-17(8-12(18)16-9(2)3)11-6-5-10(7-15-11)13(14)19/h5-7,9H,4,8H2,1-3H3,(H2,14,19)(H,16,18). The van der Waals surface area contributed by atoms with Crippen LogP contribution >= 0.6 is 12.2 Å². The summed E-state index contributed by atoms with van der Waals surface area (Å²) in [4.78, 5) is 18.2. The summed E-state index contributed by atoms with van der Waals surface area (Å²) in [5.41, 5.74) is 6.25. The van der Waals surface area contributed by atoms with Crippen molar-refractivity contribution in [3.63, 3.8) is 0 Å². The number of hydrogen-bond acceptors (Lipinski definition) is 4. The summed E-state index contributed by atoms with van der Waals surface area (Å²) in [6.07, 6.45) is 1.63. The molecule has 0 saturated heterocycles. The molecule has 0 unspecified atom stereocenters. The molecule has 0 spiro atoms. The van der Waals surface area contributed by atoms with Gasteiger partial charge >= 0.3 is 0 Å². The predicted octanol–water partition coefficient (Wildman–Crippen LogP) is 1.07. The van der Waals surface area contributed by atoms with Crippen LogP contribution < -0.4 is 16.0 Å². The zero-order valence-electron chi connectivity index (χ0n) is 11.5. The minimum absolute atomic E-state index is 0.0166. The number of carbonyl (C=O) groups is 1. The van der Waals surface area contributed by atoms with Crippen molar-refractivity contribution in [2.24, 2.45) is 5.73 Å². The van der Waals surface area contributed by atoms with Crippen molar-refractivity contribution in [2.45, 2.75) is 26.8 Å². The van der Waals surface area contributed by atoms with E-state index in [0.29, 0.717) is 11.5 Å². The second kappa shape index (κ2) is 7.04. The molecule has 1 rings (SSSR count). The fourth-order valence-corrected chi connectivity index (χ4v) is 1.74. The molecule has 0 radical (unpaired) electrons. The third-order valence-corrected chi connectivity index (χ3v) is 2.76. The molecular formula is C13H20N4OS. The van der Waals surface area contributed by atoms with Gasteiger partial charge in [-0.15, -0.1) is 0 Å². The van der Waals surface area contributed by atoms with Crippen LogP contribution in [0.2, 0.25) is 0 Å². The van der Waals surface area contributed by atoms with Crippen LogP contribution in [0.25, 0.3) is 0 Å². The van der Waals surface area contributed by atoms with E-state index in [1.165, 1.54) is 0 Å². The zero-order valence-corrected chi connectivity index (χ0v) is 12.3. The number of aromatic nitrogens is 1. The Balaban J connectivity index is 2.74. The van der Waals surface area contributed by atoms with Gasteiger partial charge in [0.15, 0.2) is 0 Å². The first kappa shape index (κ1) is 15.4. The van der Waals surface area contributed by atoms with Gasteiger partial charge in [-0.05, 0) is 32.9 Å². The van der Waals surface area contributed by atoms with Gasteiger partial charge in [0.1, 0.15) is 10.8 Å². The van der Waals surface area contributed by atoms with Crippen LogP contribution in [0.3, 0.4) is 0 Å². The number of amides is 1. The fraction of sp³-hybridized carbons (Fsp3) is 0.462. The minimum Gasteiger partial charge on any atom is -0.389 e. The molecule has 1 amide bonds. The molecule has 0 aliphatic carbocycles. The highest BCUT2D eigenvalue weighted by Crippen LogP contribution is 2.10. The molecule has 0 atom stereocenters.